The summed E-state index contributed by atoms with van der Waals surface area (Å²) < 4.78 is 2.40. The number of aromatic nitrogens is 2. The Morgan fingerprint density at radius 3 is 2.82 bits per heavy atom. The van der Waals surface area contributed by atoms with Gasteiger partial charge < -0.3 is 10.3 Å². The first-order chi connectivity index (χ1) is 8.24. The van der Waals surface area contributed by atoms with Crippen molar-refractivity contribution >= 4 is 0 Å². The van der Waals surface area contributed by atoms with Gasteiger partial charge in [-0.15, -0.1) is 0 Å². The van der Waals surface area contributed by atoms with Crippen LogP contribution in [0.25, 0.3) is 0 Å². The molecule has 2 atom stereocenters. The molecule has 3 nitrogen and oxygen atoms in total. The van der Waals surface area contributed by atoms with Crippen molar-refractivity contribution in [2.45, 2.75) is 57.9 Å². The third-order valence-electron chi connectivity index (χ3n) is 3.99. The third-order valence-corrected chi connectivity index (χ3v) is 3.99. The minimum absolute atomic E-state index is 0.492. The van der Waals surface area contributed by atoms with Crippen LogP contribution in [0.1, 0.15) is 63.7 Å². The molecule has 1 aliphatic carbocycles. The first-order valence-electron chi connectivity index (χ1n) is 6.96. The predicted molar refractivity (Wildman–Crippen MR) is 71.0 cm³/mol. The van der Waals surface area contributed by atoms with Gasteiger partial charge in [0.05, 0.1) is 0 Å². The quantitative estimate of drug-likeness (QED) is 0.818. The number of nitrogens with zero attached hydrogens (tertiary/aromatic N) is 2. The van der Waals surface area contributed by atoms with E-state index in [9.17, 15) is 0 Å². The normalized spacial score (nSPS) is 26.1. The fraction of sp³-hybridized carbons (Fsp3) is 0.786. The highest BCUT2D eigenvalue weighted by Gasteiger charge is 2.26. The van der Waals surface area contributed by atoms with Gasteiger partial charge in [0.25, 0.3) is 0 Å². The Labute approximate surface area is 104 Å². The summed E-state index contributed by atoms with van der Waals surface area (Å²) in [5.74, 6) is 2.34. The van der Waals surface area contributed by atoms with E-state index in [1.54, 1.807) is 0 Å². The largest absolute Gasteiger partial charge is 0.331 e. The molecule has 0 amide bonds. The van der Waals surface area contributed by atoms with Crippen LogP contribution < -0.4 is 5.73 Å². The van der Waals surface area contributed by atoms with E-state index in [0.717, 1.165) is 6.54 Å². The Hall–Kier alpha value is -0.830. The monoisotopic (exact) mass is 235 g/mol. The van der Waals surface area contributed by atoms with Crippen molar-refractivity contribution in [3.8, 4) is 0 Å². The molecule has 0 saturated heterocycles. The second-order valence-corrected chi connectivity index (χ2v) is 5.55. The first-order valence-corrected chi connectivity index (χ1v) is 6.96. The summed E-state index contributed by atoms with van der Waals surface area (Å²) in [5.41, 5.74) is 5.96. The van der Waals surface area contributed by atoms with Gasteiger partial charge in [0.1, 0.15) is 5.82 Å². The van der Waals surface area contributed by atoms with E-state index >= 15 is 0 Å². The molecule has 96 valence electrons. The Morgan fingerprint density at radius 2 is 2.12 bits per heavy atom. The standard InChI is InChI=1S/C14H25N3/c1-11(2)14-16-8-9-17(14)13-7-5-3-4-6-12(13)10-15/h8-9,11-13H,3-7,10,15H2,1-2H3. The van der Waals surface area contributed by atoms with Crippen molar-refractivity contribution in [2.24, 2.45) is 11.7 Å². The summed E-state index contributed by atoms with van der Waals surface area (Å²) in [6, 6.07) is 0.572. The van der Waals surface area contributed by atoms with Gasteiger partial charge in [-0.2, -0.15) is 0 Å². The van der Waals surface area contributed by atoms with Gasteiger partial charge in [-0.3, -0.25) is 0 Å². The van der Waals surface area contributed by atoms with Crippen LogP contribution in [-0.4, -0.2) is 16.1 Å². The van der Waals surface area contributed by atoms with Crippen molar-refractivity contribution in [2.75, 3.05) is 6.54 Å². The summed E-state index contributed by atoms with van der Waals surface area (Å²) in [7, 11) is 0. The molecule has 1 aliphatic rings. The molecule has 0 spiro atoms. The van der Waals surface area contributed by atoms with Crippen molar-refractivity contribution in [3.05, 3.63) is 18.2 Å². The van der Waals surface area contributed by atoms with Crippen LogP contribution in [0.15, 0.2) is 12.4 Å². The molecule has 17 heavy (non-hydrogen) atoms. The Balaban J connectivity index is 2.25. The minimum Gasteiger partial charge on any atom is -0.331 e. The SMILES string of the molecule is CC(C)c1nccn1C1CCCCCC1CN. The van der Waals surface area contributed by atoms with Crippen LogP contribution >= 0.6 is 0 Å². The molecule has 1 aromatic heterocycles. The van der Waals surface area contributed by atoms with Gasteiger partial charge in [-0.1, -0.05) is 33.1 Å². The highest BCUT2D eigenvalue weighted by atomic mass is 15.1. The molecule has 3 heteroatoms. The molecule has 0 bridgehead atoms. The number of hydrogen-bond donors (Lipinski definition) is 1. The zero-order valence-corrected chi connectivity index (χ0v) is 11.1. The van der Waals surface area contributed by atoms with Crippen LogP contribution in [0.2, 0.25) is 0 Å². The average molecular weight is 235 g/mol. The smallest absolute Gasteiger partial charge is 0.111 e. The highest BCUT2D eigenvalue weighted by molar-refractivity contribution is 5.01. The maximum atomic E-state index is 5.96. The second-order valence-electron chi connectivity index (χ2n) is 5.55. The second kappa shape index (κ2) is 5.67. The van der Waals surface area contributed by atoms with Gasteiger partial charge >= 0.3 is 0 Å². The molecule has 2 unspecified atom stereocenters. The van der Waals surface area contributed by atoms with Crippen molar-refractivity contribution in [3.63, 3.8) is 0 Å². The molecule has 1 fully saturated rings. The molecular weight excluding hydrogens is 210 g/mol. The number of rotatable bonds is 3. The van der Waals surface area contributed by atoms with Crippen molar-refractivity contribution < 1.29 is 0 Å². The van der Waals surface area contributed by atoms with Crippen LogP contribution in [0.4, 0.5) is 0 Å². The Morgan fingerprint density at radius 1 is 1.35 bits per heavy atom. The first kappa shape index (κ1) is 12.6. The molecular formula is C14H25N3. The molecule has 1 heterocycles. The summed E-state index contributed by atoms with van der Waals surface area (Å²) in [6.45, 7) is 5.24. The van der Waals surface area contributed by atoms with E-state index < -0.39 is 0 Å². The summed E-state index contributed by atoms with van der Waals surface area (Å²) >= 11 is 0. The van der Waals surface area contributed by atoms with Gasteiger partial charge in [0.15, 0.2) is 0 Å². The zero-order valence-electron chi connectivity index (χ0n) is 11.1. The molecule has 0 radical (unpaired) electrons. The lowest BCUT2D eigenvalue weighted by Crippen LogP contribution is -2.26. The highest BCUT2D eigenvalue weighted by Crippen LogP contribution is 2.33. The molecule has 1 aromatic rings. The fourth-order valence-corrected chi connectivity index (χ4v) is 3.06. The van der Waals surface area contributed by atoms with E-state index in [0.29, 0.717) is 17.9 Å². The molecule has 0 aromatic carbocycles. The Bertz CT molecular complexity index is 343. The molecule has 1 saturated carbocycles. The van der Waals surface area contributed by atoms with E-state index in [2.05, 4.69) is 29.6 Å². The van der Waals surface area contributed by atoms with Gasteiger partial charge in [-0.05, 0) is 25.3 Å². The van der Waals surface area contributed by atoms with Crippen LogP contribution in [0.3, 0.4) is 0 Å². The van der Waals surface area contributed by atoms with Crippen molar-refractivity contribution in [1.29, 1.82) is 0 Å². The number of imidazole rings is 1. The summed E-state index contributed by atoms with van der Waals surface area (Å²) in [4.78, 5) is 4.51. The number of nitrogens with two attached hydrogens (primary N) is 1. The average Bonchev–Trinajstić information content (AvgIpc) is 2.68. The van der Waals surface area contributed by atoms with E-state index in [-0.39, 0.29) is 0 Å². The lowest BCUT2D eigenvalue weighted by molar-refractivity contribution is 0.308. The van der Waals surface area contributed by atoms with E-state index in [4.69, 9.17) is 5.73 Å². The predicted octanol–water partition coefficient (Wildman–Crippen LogP) is 3.09. The van der Waals surface area contributed by atoms with E-state index in [1.807, 2.05) is 6.20 Å². The lowest BCUT2D eigenvalue weighted by atomic mass is 9.94. The zero-order chi connectivity index (χ0) is 12.3. The van der Waals surface area contributed by atoms with Crippen LogP contribution in [-0.2, 0) is 0 Å². The fourth-order valence-electron chi connectivity index (χ4n) is 3.06. The van der Waals surface area contributed by atoms with Gasteiger partial charge in [0, 0.05) is 24.4 Å². The molecule has 2 rings (SSSR count). The number of hydrogen-bond acceptors (Lipinski definition) is 2. The minimum atomic E-state index is 0.492. The third kappa shape index (κ3) is 2.71. The summed E-state index contributed by atoms with van der Waals surface area (Å²) in [6.07, 6.45) is 10.6. The van der Waals surface area contributed by atoms with Crippen LogP contribution in [0.5, 0.6) is 0 Å². The van der Waals surface area contributed by atoms with Gasteiger partial charge in [-0.25, -0.2) is 4.98 Å². The molecule has 0 aliphatic heterocycles. The van der Waals surface area contributed by atoms with Gasteiger partial charge in [0.2, 0.25) is 0 Å². The molecule has 2 N–H and O–H groups in total. The maximum Gasteiger partial charge on any atom is 0.111 e. The lowest BCUT2D eigenvalue weighted by Gasteiger charge is -2.27. The topological polar surface area (TPSA) is 43.8 Å². The van der Waals surface area contributed by atoms with Crippen molar-refractivity contribution in [1.82, 2.24) is 9.55 Å². The van der Waals surface area contributed by atoms with E-state index in [1.165, 1.54) is 37.9 Å². The summed E-state index contributed by atoms with van der Waals surface area (Å²) in [5, 5.41) is 0. The van der Waals surface area contributed by atoms with Crippen LogP contribution in [0, 0.1) is 5.92 Å². The maximum absolute atomic E-state index is 5.96. The Kier molecular flexibility index (Phi) is 4.21.